The van der Waals surface area contributed by atoms with E-state index in [1.54, 1.807) is 11.3 Å². The van der Waals surface area contributed by atoms with Gasteiger partial charge in [-0.1, -0.05) is 11.6 Å². The van der Waals surface area contributed by atoms with E-state index in [-0.39, 0.29) is 11.6 Å². The number of likely N-dealkylation sites (N-methyl/N-ethyl adjacent to an activating group) is 2. The normalized spacial score (nSPS) is 14.4. The van der Waals surface area contributed by atoms with Crippen molar-refractivity contribution in [1.82, 2.24) is 10.6 Å². The Balaban J connectivity index is 2.92. The number of hydrogen-bond donors (Lipinski definition) is 2. The third-order valence-electron chi connectivity index (χ3n) is 2.53. The molecule has 0 spiro atoms. The smallest absolute Gasteiger partial charge is 0.0931 e. The van der Waals surface area contributed by atoms with Crippen LogP contribution >= 0.6 is 22.9 Å². The molecule has 0 fully saturated rings. The van der Waals surface area contributed by atoms with Crippen LogP contribution in [0, 0.1) is 0 Å². The molecule has 0 radical (unpaired) electrons. The summed E-state index contributed by atoms with van der Waals surface area (Å²) < 4.78 is 0.840. The van der Waals surface area contributed by atoms with Crippen LogP contribution in [0.1, 0.15) is 24.8 Å². The fraction of sp³-hybridized carbons (Fsp3) is 0.600. The molecule has 0 aliphatic heterocycles. The number of rotatable bonds is 4. The summed E-state index contributed by atoms with van der Waals surface area (Å²) in [5.74, 6) is 0. The van der Waals surface area contributed by atoms with Crippen LogP contribution in [0.25, 0.3) is 0 Å². The van der Waals surface area contributed by atoms with Crippen molar-refractivity contribution in [2.24, 2.45) is 0 Å². The average molecular weight is 233 g/mol. The molecule has 0 aromatic carbocycles. The molecule has 4 heteroatoms. The Labute approximate surface area is 94.7 Å². The quantitative estimate of drug-likeness (QED) is 0.834. The summed E-state index contributed by atoms with van der Waals surface area (Å²) in [5, 5.41) is 6.61. The summed E-state index contributed by atoms with van der Waals surface area (Å²) in [6.07, 6.45) is 0. The second kappa shape index (κ2) is 4.62. The summed E-state index contributed by atoms with van der Waals surface area (Å²) >= 11 is 7.55. The van der Waals surface area contributed by atoms with E-state index in [0.29, 0.717) is 0 Å². The highest BCUT2D eigenvalue weighted by molar-refractivity contribution is 7.16. The Morgan fingerprint density at radius 3 is 2.36 bits per heavy atom. The summed E-state index contributed by atoms with van der Waals surface area (Å²) in [4.78, 5) is 1.26. The molecule has 1 aromatic rings. The molecule has 1 unspecified atom stereocenters. The molecule has 1 heterocycles. The van der Waals surface area contributed by atoms with Gasteiger partial charge in [0.25, 0.3) is 0 Å². The molecule has 1 atom stereocenters. The van der Waals surface area contributed by atoms with Gasteiger partial charge in [-0.3, -0.25) is 0 Å². The monoisotopic (exact) mass is 232 g/mol. The van der Waals surface area contributed by atoms with Gasteiger partial charge in [-0.25, -0.2) is 0 Å². The van der Waals surface area contributed by atoms with Gasteiger partial charge in [-0.15, -0.1) is 11.3 Å². The lowest BCUT2D eigenvalue weighted by Crippen LogP contribution is -2.47. The van der Waals surface area contributed by atoms with Crippen LogP contribution in [0.3, 0.4) is 0 Å². The molecule has 0 bridgehead atoms. The van der Waals surface area contributed by atoms with Crippen molar-refractivity contribution in [2.75, 3.05) is 14.1 Å². The molecule has 0 amide bonds. The number of hydrogen-bond acceptors (Lipinski definition) is 3. The fourth-order valence-corrected chi connectivity index (χ4v) is 2.84. The molecule has 2 N–H and O–H groups in total. The van der Waals surface area contributed by atoms with Gasteiger partial charge < -0.3 is 10.6 Å². The maximum Gasteiger partial charge on any atom is 0.0931 e. The van der Waals surface area contributed by atoms with Gasteiger partial charge in [-0.2, -0.15) is 0 Å². The molecule has 1 aromatic heterocycles. The first-order chi connectivity index (χ1) is 6.51. The SMILES string of the molecule is CNC(c1ccc(Cl)s1)C(C)(C)NC. The molecule has 0 aliphatic carbocycles. The van der Waals surface area contributed by atoms with Crippen molar-refractivity contribution < 1.29 is 0 Å². The van der Waals surface area contributed by atoms with Gasteiger partial charge in [0.1, 0.15) is 0 Å². The topological polar surface area (TPSA) is 24.1 Å². The number of halogens is 1. The lowest BCUT2D eigenvalue weighted by atomic mass is 9.94. The van der Waals surface area contributed by atoms with E-state index in [0.717, 1.165) is 4.34 Å². The van der Waals surface area contributed by atoms with Gasteiger partial charge in [-0.05, 0) is 40.1 Å². The summed E-state index contributed by atoms with van der Waals surface area (Å²) in [7, 11) is 3.94. The molecule has 1 rings (SSSR count). The fourth-order valence-electron chi connectivity index (χ4n) is 1.49. The van der Waals surface area contributed by atoms with Gasteiger partial charge in [0.05, 0.1) is 10.4 Å². The minimum Gasteiger partial charge on any atom is -0.313 e. The van der Waals surface area contributed by atoms with Crippen LogP contribution in [0.15, 0.2) is 12.1 Å². The second-order valence-corrected chi connectivity index (χ2v) is 5.58. The number of thiophene rings is 1. The number of nitrogens with one attached hydrogen (secondary N) is 2. The van der Waals surface area contributed by atoms with Gasteiger partial charge in [0, 0.05) is 10.4 Å². The molecule has 80 valence electrons. The first-order valence-electron chi connectivity index (χ1n) is 4.62. The molecule has 2 nitrogen and oxygen atoms in total. The summed E-state index contributed by atoms with van der Waals surface area (Å²) in [6.45, 7) is 4.34. The lowest BCUT2D eigenvalue weighted by Gasteiger charge is -2.33. The van der Waals surface area contributed by atoms with Crippen molar-refractivity contribution in [2.45, 2.75) is 25.4 Å². The zero-order chi connectivity index (χ0) is 10.8. The average Bonchev–Trinajstić information content (AvgIpc) is 2.53. The van der Waals surface area contributed by atoms with Crippen molar-refractivity contribution in [3.63, 3.8) is 0 Å². The van der Waals surface area contributed by atoms with E-state index >= 15 is 0 Å². The van der Waals surface area contributed by atoms with E-state index in [4.69, 9.17) is 11.6 Å². The molecular weight excluding hydrogens is 216 g/mol. The molecule has 0 saturated carbocycles. The van der Waals surface area contributed by atoms with Crippen molar-refractivity contribution in [1.29, 1.82) is 0 Å². The zero-order valence-electron chi connectivity index (χ0n) is 9.02. The van der Waals surface area contributed by atoms with E-state index in [9.17, 15) is 0 Å². The highest BCUT2D eigenvalue weighted by atomic mass is 35.5. The standard InChI is InChI=1S/C10H17ClN2S/c1-10(2,13-4)9(12-3)7-5-6-8(11)14-7/h5-6,9,12-13H,1-4H3. The van der Waals surface area contributed by atoms with E-state index in [2.05, 4.69) is 30.5 Å². The third kappa shape index (κ3) is 2.48. The van der Waals surface area contributed by atoms with Crippen LogP contribution in [-0.4, -0.2) is 19.6 Å². The summed E-state index contributed by atoms with van der Waals surface area (Å²) in [5.41, 5.74) is 0.0168. The van der Waals surface area contributed by atoms with Crippen molar-refractivity contribution in [3.8, 4) is 0 Å². The Morgan fingerprint density at radius 2 is 2.00 bits per heavy atom. The second-order valence-electron chi connectivity index (χ2n) is 3.84. The minimum absolute atomic E-state index is 0.0168. The van der Waals surface area contributed by atoms with Gasteiger partial charge in [0.2, 0.25) is 0 Å². The van der Waals surface area contributed by atoms with Gasteiger partial charge >= 0.3 is 0 Å². The van der Waals surface area contributed by atoms with Crippen molar-refractivity contribution >= 4 is 22.9 Å². The Bertz CT molecular complexity index is 296. The van der Waals surface area contributed by atoms with Crippen LogP contribution in [0.4, 0.5) is 0 Å². The highest BCUT2D eigenvalue weighted by Gasteiger charge is 2.28. The largest absolute Gasteiger partial charge is 0.313 e. The van der Waals surface area contributed by atoms with E-state index in [1.807, 2.05) is 20.2 Å². The van der Waals surface area contributed by atoms with Crippen LogP contribution in [0.5, 0.6) is 0 Å². The maximum absolute atomic E-state index is 5.93. The highest BCUT2D eigenvalue weighted by Crippen LogP contribution is 2.32. The Kier molecular flexibility index (Phi) is 3.95. The Morgan fingerprint density at radius 1 is 1.36 bits per heavy atom. The lowest BCUT2D eigenvalue weighted by molar-refractivity contribution is 0.315. The molecule has 14 heavy (non-hydrogen) atoms. The van der Waals surface area contributed by atoms with Crippen LogP contribution < -0.4 is 10.6 Å². The summed E-state index contributed by atoms with van der Waals surface area (Å²) in [6, 6.07) is 4.30. The van der Waals surface area contributed by atoms with E-state index in [1.165, 1.54) is 4.88 Å². The third-order valence-corrected chi connectivity index (χ3v) is 3.83. The predicted molar refractivity (Wildman–Crippen MR) is 64.3 cm³/mol. The van der Waals surface area contributed by atoms with Crippen LogP contribution in [0.2, 0.25) is 4.34 Å². The first-order valence-corrected chi connectivity index (χ1v) is 5.82. The molecular formula is C10H17ClN2S. The van der Waals surface area contributed by atoms with E-state index < -0.39 is 0 Å². The molecule has 0 aliphatic rings. The minimum atomic E-state index is 0.0168. The molecule has 0 saturated heterocycles. The maximum atomic E-state index is 5.93. The predicted octanol–water partition coefficient (Wildman–Crippen LogP) is 2.66. The van der Waals surface area contributed by atoms with Crippen molar-refractivity contribution in [3.05, 3.63) is 21.3 Å². The van der Waals surface area contributed by atoms with Crippen LogP contribution in [-0.2, 0) is 0 Å². The van der Waals surface area contributed by atoms with Gasteiger partial charge in [0.15, 0.2) is 0 Å². The zero-order valence-corrected chi connectivity index (χ0v) is 10.6. The Hall–Kier alpha value is -0.0900. The first kappa shape index (κ1) is 12.0.